The lowest BCUT2D eigenvalue weighted by Crippen LogP contribution is -2.01. The van der Waals surface area contributed by atoms with Crippen LogP contribution in [0.15, 0.2) is 18.2 Å². The summed E-state index contributed by atoms with van der Waals surface area (Å²) in [7, 11) is 1.51. The summed E-state index contributed by atoms with van der Waals surface area (Å²) in [5.41, 5.74) is 1.02. The second kappa shape index (κ2) is 4.86. The van der Waals surface area contributed by atoms with Crippen LogP contribution in [0.5, 0.6) is 11.5 Å². The van der Waals surface area contributed by atoms with E-state index < -0.39 is 6.10 Å². The second-order valence-electron chi connectivity index (χ2n) is 3.20. The third-order valence-electron chi connectivity index (χ3n) is 2.01. The van der Waals surface area contributed by atoms with E-state index in [1.54, 1.807) is 18.2 Å². The smallest absolute Gasteiger partial charge is 0.160 e. The molecule has 0 bridgehead atoms. The van der Waals surface area contributed by atoms with Gasteiger partial charge in [0.15, 0.2) is 11.5 Å². The first-order chi connectivity index (χ1) is 6.63. The average molecular weight is 195 g/mol. The lowest BCUT2D eigenvalue weighted by atomic mass is 10.1. The molecule has 0 saturated heterocycles. The molecule has 1 unspecified atom stereocenters. The van der Waals surface area contributed by atoms with Crippen LogP contribution in [0.25, 0.3) is 0 Å². The van der Waals surface area contributed by atoms with E-state index in [-0.39, 0.29) is 5.75 Å². The molecule has 0 saturated carbocycles. The molecule has 0 spiro atoms. The molecule has 0 aliphatic rings. The van der Waals surface area contributed by atoms with Gasteiger partial charge in [0.25, 0.3) is 0 Å². The quantitative estimate of drug-likeness (QED) is 0.766. The highest BCUT2D eigenvalue weighted by atomic mass is 16.5. The van der Waals surface area contributed by atoms with E-state index in [0.29, 0.717) is 12.2 Å². The first-order valence-corrected chi connectivity index (χ1v) is 4.50. The maximum Gasteiger partial charge on any atom is 0.160 e. The highest BCUT2D eigenvalue weighted by Gasteiger charge is 2.03. The molecule has 0 aromatic heterocycles. The minimum atomic E-state index is -0.546. The molecule has 77 valence electrons. The molecule has 2 N–H and O–H groups in total. The van der Waals surface area contributed by atoms with Crippen molar-refractivity contribution in [2.75, 3.05) is 7.11 Å². The van der Waals surface area contributed by atoms with Gasteiger partial charge in [0.05, 0.1) is 13.2 Å². The van der Waals surface area contributed by atoms with Crippen molar-refractivity contribution in [3.05, 3.63) is 30.7 Å². The van der Waals surface area contributed by atoms with Crippen molar-refractivity contribution < 1.29 is 14.9 Å². The van der Waals surface area contributed by atoms with Gasteiger partial charge in [-0.25, -0.2) is 0 Å². The van der Waals surface area contributed by atoms with E-state index in [2.05, 4.69) is 6.92 Å². The molecular weight excluding hydrogens is 180 g/mol. The van der Waals surface area contributed by atoms with Crippen LogP contribution in [0, 0.1) is 6.92 Å². The van der Waals surface area contributed by atoms with E-state index in [4.69, 9.17) is 9.84 Å². The summed E-state index contributed by atoms with van der Waals surface area (Å²) in [6.07, 6.45) is 0.782. The SMILES string of the molecule is [CH2]C(O)CCc1ccc(O)c(OC)c1. The number of aromatic hydroxyl groups is 1. The summed E-state index contributed by atoms with van der Waals surface area (Å²) in [6, 6.07) is 5.15. The Hall–Kier alpha value is -1.22. The number of phenolic OH excluding ortho intramolecular Hbond substituents is 1. The average Bonchev–Trinajstić information content (AvgIpc) is 2.16. The Morgan fingerprint density at radius 1 is 1.50 bits per heavy atom. The Balaban J connectivity index is 2.69. The molecule has 14 heavy (non-hydrogen) atoms. The Kier molecular flexibility index (Phi) is 3.77. The number of rotatable bonds is 4. The zero-order chi connectivity index (χ0) is 10.6. The van der Waals surface area contributed by atoms with E-state index in [9.17, 15) is 5.11 Å². The van der Waals surface area contributed by atoms with Crippen LogP contribution in [0.2, 0.25) is 0 Å². The minimum absolute atomic E-state index is 0.131. The van der Waals surface area contributed by atoms with E-state index in [1.165, 1.54) is 7.11 Å². The fourth-order valence-corrected chi connectivity index (χ4v) is 1.21. The Labute approximate surface area is 84.0 Å². The molecule has 0 heterocycles. The van der Waals surface area contributed by atoms with Gasteiger partial charge in [-0.3, -0.25) is 0 Å². The second-order valence-corrected chi connectivity index (χ2v) is 3.20. The van der Waals surface area contributed by atoms with Crippen LogP contribution in [0.1, 0.15) is 12.0 Å². The fourth-order valence-electron chi connectivity index (χ4n) is 1.21. The normalized spacial score (nSPS) is 12.5. The fraction of sp³-hybridized carbons (Fsp3) is 0.364. The molecular formula is C11H15O3. The third-order valence-corrected chi connectivity index (χ3v) is 2.01. The molecule has 1 aromatic rings. The molecule has 0 aliphatic heterocycles. The third kappa shape index (κ3) is 2.92. The summed E-state index contributed by atoms with van der Waals surface area (Å²) in [6.45, 7) is 3.49. The first-order valence-electron chi connectivity index (χ1n) is 4.50. The maximum absolute atomic E-state index is 9.33. The first kappa shape index (κ1) is 10.9. The van der Waals surface area contributed by atoms with Crippen molar-refractivity contribution >= 4 is 0 Å². The Morgan fingerprint density at radius 3 is 2.79 bits per heavy atom. The molecule has 1 aromatic carbocycles. The van der Waals surface area contributed by atoms with Gasteiger partial charge >= 0.3 is 0 Å². The predicted octanol–water partition coefficient (Wildman–Crippen LogP) is 1.53. The highest BCUT2D eigenvalue weighted by molar-refractivity contribution is 5.41. The zero-order valence-corrected chi connectivity index (χ0v) is 8.23. The van der Waals surface area contributed by atoms with Crippen LogP contribution in [-0.4, -0.2) is 23.4 Å². The highest BCUT2D eigenvalue weighted by Crippen LogP contribution is 2.26. The number of phenols is 1. The number of ether oxygens (including phenoxy) is 1. The van der Waals surface area contributed by atoms with Crippen molar-refractivity contribution in [3.8, 4) is 11.5 Å². The Bertz CT molecular complexity index is 295. The largest absolute Gasteiger partial charge is 0.504 e. The van der Waals surface area contributed by atoms with Gasteiger partial charge < -0.3 is 14.9 Å². The van der Waals surface area contributed by atoms with Gasteiger partial charge in [0.1, 0.15) is 0 Å². The molecule has 1 atom stereocenters. The van der Waals surface area contributed by atoms with Gasteiger partial charge in [0, 0.05) is 0 Å². The van der Waals surface area contributed by atoms with E-state index >= 15 is 0 Å². The number of aliphatic hydroxyl groups is 1. The topological polar surface area (TPSA) is 49.7 Å². The molecule has 1 radical (unpaired) electrons. The van der Waals surface area contributed by atoms with Crippen LogP contribution >= 0.6 is 0 Å². The lowest BCUT2D eigenvalue weighted by Gasteiger charge is -2.07. The maximum atomic E-state index is 9.33. The van der Waals surface area contributed by atoms with E-state index in [1.807, 2.05) is 0 Å². The predicted molar refractivity (Wildman–Crippen MR) is 54.3 cm³/mol. The number of methoxy groups -OCH3 is 1. The number of aryl methyl sites for hydroxylation is 1. The number of hydrogen-bond donors (Lipinski definition) is 2. The van der Waals surface area contributed by atoms with Gasteiger partial charge in [-0.05, 0) is 37.5 Å². The number of hydrogen-bond acceptors (Lipinski definition) is 3. The summed E-state index contributed by atoms with van der Waals surface area (Å²) >= 11 is 0. The minimum Gasteiger partial charge on any atom is -0.504 e. The van der Waals surface area contributed by atoms with E-state index in [0.717, 1.165) is 12.0 Å². The Morgan fingerprint density at radius 2 is 2.21 bits per heavy atom. The van der Waals surface area contributed by atoms with Gasteiger partial charge in [-0.1, -0.05) is 6.07 Å². The van der Waals surface area contributed by atoms with Crippen LogP contribution < -0.4 is 4.74 Å². The summed E-state index contributed by atoms with van der Waals surface area (Å²) in [5.74, 6) is 0.590. The lowest BCUT2D eigenvalue weighted by molar-refractivity contribution is 0.210. The van der Waals surface area contributed by atoms with Crippen molar-refractivity contribution in [3.63, 3.8) is 0 Å². The van der Waals surface area contributed by atoms with Gasteiger partial charge in [0.2, 0.25) is 0 Å². The standard InChI is InChI=1S/C11H15O3/c1-8(12)3-4-9-5-6-10(13)11(7-9)14-2/h5-8,12-13H,1,3-4H2,2H3. The van der Waals surface area contributed by atoms with Crippen molar-refractivity contribution in [1.29, 1.82) is 0 Å². The molecule has 3 nitrogen and oxygen atoms in total. The molecule has 0 fully saturated rings. The van der Waals surface area contributed by atoms with Crippen LogP contribution in [0.3, 0.4) is 0 Å². The van der Waals surface area contributed by atoms with Crippen molar-refractivity contribution in [2.45, 2.75) is 18.9 Å². The summed E-state index contributed by atoms with van der Waals surface area (Å²) in [4.78, 5) is 0. The summed E-state index contributed by atoms with van der Waals surface area (Å²) < 4.78 is 4.96. The molecule has 0 amide bonds. The number of benzene rings is 1. The van der Waals surface area contributed by atoms with Crippen LogP contribution in [0.4, 0.5) is 0 Å². The summed E-state index contributed by atoms with van der Waals surface area (Å²) in [5, 5.41) is 18.3. The van der Waals surface area contributed by atoms with Crippen molar-refractivity contribution in [2.24, 2.45) is 0 Å². The number of aliphatic hydroxyl groups excluding tert-OH is 1. The molecule has 1 rings (SSSR count). The molecule has 0 aliphatic carbocycles. The van der Waals surface area contributed by atoms with Crippen molar-refractivity contribution in [1.82, 2.24) is 0 Å². The van der Waals surface area contributed by atoms with Gasteiger partial charge in [-0.15, -0.1) is 0 Å². The molecule has 3 heteroatoms. The zero-order valence-electron chi connectivity index (χ0n) is 8.23. The monoisotopic (exact) mass is 195 g/mol. The van der Waals surface area contributed by atoms with Gasteiger partial charge in [-0.2, -0.15) is 0 Å². The van der Waals surface area contributed by atoms with Crippen LogP contribution in [-0.2, 0) is 6.42 Å².